The molecule has 2 saturated carbocycles. The molecule has 232 valence electrons. The van der Waals surface area contributed by atoms with Gasteiger partial charge < -0.3 is 20.9 Å². The molecule has 9 heteroatoms. The van der Waals surface area contributed by atoms with Crippen LogP contribution in [0.15, 0.2) is 24.5 Å². The van der Waals surface area contributed by atoms with Gasteiger partial charge in [-0.25, -0.2) is 15.0 Å². The molecule has 2 aromatic heterocycles. The van der Waals surface area contributed by atoms with E-state index in [0.717, 1.165) is 70.1 Å². The molecule has 5 rings (SSSR count). The summed E-state index contributed by atoms with van der Waals surface area (Å²) >= 11 is 0. The van der Waals surface area contributed by atoms with E-state index >= 15 is 0 Å². The molecule has 0 radical (unpaired) electrons. The molecular weight excluding hydrogens is 522 g/mol. The Morgan fingerprint density at radius 1 is 0.643 bits per heavy atom. The predicted molar refractivity (Wildman–Crippen MR) is 173 cm³/mol. The van der Waals surface area contributed by atoms with Crippen molar-refractivity contribution >= 4 is 17.7 Å². The van der Waals surface area contributed by atoms with Crippen LogP contribution in [0.25, 0.3) is 0 Å². The van der Waals surface area contributed by atoms with Gasteiger partial charge in [0.05, 0.1) is 0 Å². The monoisotopic (exact) mass is 577 g/mol. The molecule has 0 spiro atoms. The first kappa shape index (κ1) is 30.9. The average Bonchev–Trinajstić information content (AvgIpc) is 3.48. The number of hydrogen-bond acceptors (Lipinski definition) is 9. The third kappa shape index (κ3) is 10.3. The van der Waals surface area contributed by atoms with E-state index in [-0.39, 0.29) is 0 Å². The highest BCUT2D eigenvalue weighted by Gasteiger charge is 2.17. The van der Waals surface area contributed by atoms with Gasteiger partial charge >= 0.3 is 0 Å². The van der Waals surface area contributed by atoms with Crippen molar-refractivity contribution in [1.29, 1.82) is 0 Å². The first-order valence-corrected chi connectivity index (χ1v) is 17.2. The number of anilines is 3. The van der Waals surface area contributed by atoms with Crippen LogP contribution in [0.5, 0.6) is 0 Å². The third-order valence-electron chi connectivity index (χ3n) is 9.41. The Balaban J connectivity index is 1.11. The highest BCUT2D eigenvalue weighted by atomic mass is 15.2. The Morgan fingerprint density at radius 3 is 1.93 bits per heavy atom. The fraction of sp³-hybridized carbons (Fsp3) is 0.758. The Hall–Kier alpha value is -2.52. The summed E-state index contributed by atoms with van der Waals surface area (Å²) < 4.78 is 0. The van der Waals surface area contributed by atoms with Crippen molar-refractivity contribution in [3.63, 3.8) is 0 Å². The summed E-state index contributed by atoms with van der Waals surface area (Å²) in [7, 11) is 0. The molecule has 0 aromatic carbocycles. The second-order valence-corrected chi connectivity index (χ2v) is 12.6. The van der Waals surface area contributed by atoms with Crippen LogP contribution >= 0.6 is 0 Å². The van der Waals surface area contributed by atoms with Crippen LogP contribution < -0.4 is 20.9 Å². The minimum atomic E-state index is 0.588. The van der Waals surface area contributed by atoms with Crippen LogP contribution in [-0.2, 0) is 0 Å². The van der Waals surface area contributed by atoms with Gasteiger partial charge in [0.2, 0.25) is 11.9 Å². The maximum atomic E-state index is 4.93. The first-order valence-electron chi connectivity index (χ1n) is 17.2. The average molecular weight is 578 g/mol. The van der Waals surface area contributed by atoms with Crippen molar-refractivity contribution in [1.82, 2.24) is 30.2 Å². The molecule has 1 aliphatic heterocycles. The van der Waals surface area contributed by atoms with Crippen LogP contribution in [0.3, 0.4) is 0 Å². The zero-order chi connectivity index (χ0) is 28.7. The molecule has 2 aliphatic carbocycles. The highest BCUT2D eigenvalue weighted by molar-refractivity contribution is 5.42. The van der Waals surface area contributed by atoms with E-state index in [0.29, 0.717) is 12.0 Å². The lowest BCUT2D eigenvalue weighted by molar-refractivity contribution is 0.278. The lowest BCUT2D eigenvalue weighted by Crippen LogP contribution is -2.41. The maximum absolute atomic E-state index is 4.93. The number of hydrogen-bond donors (Lipinski definition) is 3. The minimum Gasteiger partial charge on any atom is -0.356 e. The number of aromatic nitrogens is 4. The van der Waals surface area contributed by atoms with Gasteiger partial charge in [-0.15, -0.1) is 0 Å². The number of rotatable bonds is 14. The summed E-state index contributed by atoms with van der Waals surface area (Å²) in [6, 6.07) is 4.87. The molecule has 3 fully saturated rings. The zero-order valence-corrected chi connectivity index (χ0v) is 25.9. The van der Waals surface area contributed by atoms with Gasteiger partial charge in [-0.1, -0.05) is 57.8 Å². The Kier molecular flexibility index (Phi) is 12.9. The van der Waals surface area contributed by atoms with E-state index in [2.05, 4.69) is 47.9 Å². The van der Waals surface area contributed by atoms with E-state index in [4.69, 9.17) is 9.97 Å². The van der Waals surface area contributed by atoms with E-state index in [1.807, 2.05) is 12.4 Å². The predicted octanol–water partition coefficient (Wildman–Crippen LogP) is 5.83. The minimum absolute atomic E-state index is 0.588. The van der Waals surface area contributed by atoms with Gasteiger partial charge in [-0.3, -0.25) is 4.90 Å². The van der Waals surface area contributed by atoms with Crippen LogP contribution in [0.4, 0.5) is 17.7 Å². The smallest absolute Gasteiger partial charge is 0.224 e. The molecule has 42 heavy (non-hydrogen) atoms. The fourth-order valence-corrected chi connectivity index (χ4v) is 6.89. The van der Waals surface area contributed by atoms with E-state index < -0.39 is 0 Å². The summed E-state index contributed by atoms with van der Waals surface area (Å²) in [5, 5.41) is 10.9. The maximum Gasteiger partial charge on any atom is 0.224 e. The van der Waals surface area contributed by atoms with Gasteiger partial charge in [-0.05, 0) is 50.7 Å². The number of nitrogens with zero attached hydrogens (tertiary/aromatic N) is 6. The van der Waals surface area contributed by atoms with Gasteiger partial charge in [0.1, 0.15) is 5.82 Å². The van der Waals surface area contributed by atoms with E-state index in [9.17, 15) is 0 Å². The molecular formula is C33H55N9. The lowest BCUT2D eigenvalue weighted by atomic mass is 9.95. The van der Waals surface area contributed by atoms with Crippen LogP contribution in [0.1, 0.15) is 108 Å². The Bertz CT molecular complexity index is 943. The van der Waals surface area contributed by atoms with Crippen molar-refractivity contribution in [2.24, 2.45) is 0 Å². The van der Waals surface area contributed by atoms with Gasteiger partial charge in [-0.2, -0.15) is 4.98 Å². The van der Waals surface area contributed by atoms with Gasteiger partial charge in [0.25, 0.3) is 0 Å². The zero-order valence-electron chi connectivity index (χ0n) is 25.9. The summed E-state index contributed by atoms with van der Waals surface area (Å²) in [5.41, 5.74) is 1.22. The van der Waals surface area contributed by atoms with Crippen molar-refractivity contribution < 1.29 is 0 Å². The Labute approximate surface area is 254 Å². The summed E-state index contributed by atoms with van der Waals surface area (Å²) in [4.78, 5) is 23.8. The molecule has 0 atom stereocenters. The molecule has 0 amide bonds. The molecule has 9 nitrogen and oxygen atoms in total. The molecule has 3 aliphatic rings. The molecule has 1 saturated heterocycles. The number of nitrogens with one attached hydrogen (secondary N) is 3. The molecule has 0 bridgehead atoms. The normalized spacial score (nSPS) is 19.4. The molecule has 3 heterocycles. The van der Waals surface area contributed by atoms with E-state index in [1.165, 1.54) is 102 Å². The van der Waals surface area contributed by atoms with Crippen molar-refractivity contribution in [3.05, 3.63) is 30.2 Å². The summed E-state index contributed by atoms with van der Waals surface area (Å²) in [6.07, 6.45) is 23.6. The summed E-state index contributed by atoms with van der Waals surface area (Å²) in [6.45, 7) is 7.78. The topological polar surface area (TPSA) is 94.1 Å². The SMILES string of the molecule is c1cc(C2CCCCCC2)nc(NCCN(CCNc2nccc(N3CCCCCC3)n2)CCNC2CCCCC2)n1. The second kappa shape index (κ2) is 17.6. The first-order chi connectivity index (χ1) is 20.8. The van der Waals surface area contributed by atoms with Crippen molar-refractivity contribution in [3.8, 4) is 0 Å². The lowest BCUT2D eigenvalue weighted by Gasteiger charge is -2.27. The molecule has 2 aromatic rings. The van der Waals surface area contributed by atoms with Crippen LogP contribution in [0.2, 0.25) is 0 Å². The largest absolute Gasteiger partial charge is 0.356 e. The van der Waals surface area contributed by atoms with Crippen LogP contribution in [-0.4, -0.2) is 83.2 Å². The van der Waals surface area contributed by atoms with Gasteiger partial charge in [0.15, 0.2) is 0 Å². The molecule has 3 N–H and O–H groups in total. The molecule has 0 unspecified atom stereocenters. The second-order valence-electron chi connectivity index (χ2n) is 12.6. The quantitative estimate of drug-likeness (QED) is 0.240. The third-order valence-corrected chi connectivity index (χ3v) is 9.41. The Morgan fingerprint density at radius 2 is 1.21 bits per heavy atom. The fourth-order valence-electron chi connectivity index (χ4n) is 6.89. The summed E-state index contributed by atoms with van der Waals surface area (Å²) in [5.74, 6) is 3.15. The van der Waals surface area contributed by atoms with Crippen molar-refractivity contribution in [2.75, 3.05) is 67.9 Å². The highest BCUT2D eigenvalue weighted by Crippen LogP contribution is 2.30. The van der Waals surface area contributed by atoms with Crippen molar-refractivity contribution in [2.45, 2.75) is 108 Å². The standard InChI is InChI=1S/C33H55N9/c1-2-7-13-28(12-6-1)30-16-18-35-32(39-30)37-21-26-41(25-20-34-29-14-8-5-9-15-29)27-22-38-33-36-19-17-31(40-33)42-23-10-3-4-11-24-42/h16-19,28-29,34H,1-15,20-27H2,(H,35,37,39)(H,36,38,40). The van der Waals surface area contributed by atoms with Crippen LogP contribution in [0, 0.1) is 0 Å². The van der Waals surface area contributed by atoms with Gasteiger partial charge in [0, 0.05) is 82.4 Å². The van der Waals surface area contributed by atoms with E-state index in [1.54, 1.807) is 0 Å².